The highest BCUT2D eigenvalue weighted by atomic mass is 19.1. The summed E-state index contributed by atoms with van der Waals surface area (Å²) in [5.41, 5.74) is 0.0295. The Morgan fingerprint density at radius 3 is 2.50 bits per heavy atom. The number of hydrogen-bond donors (Lipinski definition) is 2. The maximum Gasteiger partial charge on any atom is 0.129 e. The molecule has 1 saturated carbocycles. The second kappa shape index (κ2) is 5.33. The SMILES string of the molecule is CC(C)C(NC1CC1)C(O)c1cc(F)ccc1F. The third kappa shape index (κ3) is 3.06. The highest BCUT2D eigenvalue weighted by molar-refractivity contribution is 5.22. The first-order valence-electron chi connectivity index (χ1n) is 6.38. The Hall–Kier alpha value is -1.00. The van der Waals surface area contributed by atoms with Gasteiger partial charge in [0.05, 0.1) is 6.10 Å². The predicted molar refractivity (Wildman–Crippen MR) is 66.1 cm³/mol. The normalized spacial score (nSPS) is 19.0. The van der Waals surface area contributed by atoms with Crippen molar-refractivity contribution in [3.05, 3.63) is 35.4 Å². The first-order valence-corrected chi connectivity index (χ1v) is 6.38. The van der Waals surface area contributed by atoms with E-state index in [0.29, 0.717) is 6.04 Å². The molecule has 2 N–H and O–H groups in total. The molecule has 18 heavy (non-hydrogen) atoms. The molecule has 1 fully saturated rings. The van der Waals surface area contributed by atoms with E-state index in [1.807, 2.05) is 13.8 Å². The quantitative estimate of drug-likeness (QED) is 0.848. The van der Waals surface area contributed by atoms with Crippen molar-refractivity contribution in [1.29, 1.82) is 0 Å². The highest BCUT2D eigenvalue weighted by Crippen LogP contribution is 2.29. The molecule has 0 aromatic heterocycles. The van der Waals surface area contributed by atoms with Gasteiger partial charge in [0, 0.05) is 17.6 Å². The summed E-state index contributed by atoms with van der Waals surface area (Å²) in [6.07, 6.45) is 1.14. The molecule has 2 unspecified atom stereocenters. The van der Waals surface area contributed by atoms with Crippen molar-refractivity contribution < 1.29 is 13.9 Å². The van der Waals surface area contributed by atoms with Crippen LogP contribution in [0.3, 0.4) is 0 Å². The monoisotopic (exact) mass is 255 g/mol. The molecule has 0 radical (unpaired) electrons. The third-order valence-electron chi connectivity index (χ3n) is 3.34. The van der Waals surface area contributed by atoms with Crippen molar-refractivity contribution in [3.8, 4) is 0 Å². The van der Waals surface area contributed by atoms with Crippen molar-refractivity contribution in [2.24, 2.45) is 5.92 Å². The summed E-state index contributed by atoms with van der Waals surface area (Å²) in [5, 5.41) is 13.6. The minimum atomic E-state index is -1.03. The molecular weight excluding hydrogens is 236 g/mol. The second-order valence-electron chi connectivity index (χ2n) is 5.32. The Morgan fingerprint density at radius 1 is 1.28 bits per heavy atom. The van der Waals surface area contributed by atoms with Crippen LogP contribution in [0.4, 0.5) is 8.78 Å². The topological polar surface area (TPSA) is 32.3 Å². The standard InChI is InChI=1S/C14H19F2NO/c1-8(2)13(17-10-4-5-10)14(18)11-7-9(15)3-6-12(11)16/h3,6-8,10,13-14,17-18H,4-5H2,1-2H3. The van der Waals surface area contributed by atoms with Gasteiger partial charge in [0.15, 0.2) is 0 Å². The average Bonchev–Trinajstić information content (AvgIpc) is 3.12. The number of rotatable bonds is 5. The van der Waals surface area contributed by atoms with Crippen LogP contribution in [0.1, 0.15) is 38.4 Å². The molecule has 1 aliphatic carbocycles. The number of hydrogen-bond acceptors (Lipinski definition) is 2. The molecule has 100 valence electrons. The Morgan fingerprint density at radius 2 is 1.94 bits per heavy atom. The molecule has 0 bridgehead atoms. The zero-order chi connectivity index (χ0) is 13.3. The lowest BCUT2D eigenvalue weighted by molar-refractivity contribution is 0.100. The summed E-state index contributed by atoms with van der Waals surface area (Å²) in [4.78, 5) is 0. The van der Waals surface area contributed by atoms with E-state index in [2.05, 4.69) is 5.32 Å². The lowest BCUT2D eigenvalue weighted by atomic mass is 9.93. The fraction of sp³-hybridized carbons (Fsp3) is 0.571. The molecule has 2 nitrogen and oxygen atoms in total. The molecule has 0 saturated heterocycles. The van der Waals surface area contributed by atoms with Gasteiger partial charge in [-0.1, -0.05) is 13.8 Å². The van der Waals surface area contributed by atoms with Crippen molar-refractivity contribution in [2.75, 3.05) is 0 Å². The minimum Gasteiger partial charge on any atom is -0.387 e. The van der Waals surface area contributed by atoms with Crippen LogP contribution in [-0.4, -0.2) is 17.2 Å². The summed E-state index contributed by atoms with van der Waals surface area (Å²) in [6.45, 7) is 3.92. The van der Waals surface area contributed by atoms with Crippen molar-refractivity contribution >= 4 is 0 Å². The van der Waals surface area contributed by atoms with Gasteiger partial charge in [-0.05, 0) is 37.0 Å². The van der Waals surface area contributed by atoms with Crippen LogP contribution in [0.25, 0.3) is 0 Å². The van der Waals surface area contributed by atoms with E-state index in [-0.39, 0.29) is 17.5 Å². The summed E-state index contributed by atoms with van der Waals surface area (Å²) in [5.74, 6) is -0.949. The first-order chi connectivity index (χ1) is 8.49. The van der Waals surface area contributed by atoms with Crippen LogP contribution in [0.5, 0.6) is 0 Å². The molecule has 1 aliphatic rings. The molecule has 2 rings (SSSR count). The van der Waals surface area contributed by atoms with Crippen LogP contribution in [-0.2, 0) is 0 Å². The first kappa shape index (κ1) is 13.4. The number of aliphatic hydroxyl groups excluding tert-OH is 1. The average molecular weight is 255 g/mol. The maximum atomic E-state index is 13.6. The van der Waals surface area contributed by atoms with E-state index in [1.165, 1.54) is 0 Å². The molecule has 2 atom stereocenters. The summed E-state index contributed by atoms with van der Waals surface area (Å²) in [6, 6.07) is 3.34. The molecule has 1 aromatic carbocycles. The van der Waals surface area contributed by atoms with Crippen molar-refractivity contribution in [3.63, 3.8) is 0 Å². The number of aliphatic hydroxyl groups is 1. The van der Waals surface area contributed by atoms with Crippen LogP contribution >= 0.6 is 0 Å². The molecule has 0 amide bonds. The smallest absolute Gasteiger partial charge is 0.129 e. The summed E-state index contributed by atoms with van der Waals surface area (Å²) >= 11 is 0. The summed E-state index contributed by atoms with van der Waals surface area (Å²) in [7, 11) is 0. The number of halogens is 2. The van der Waals surface area contributed by atoms with E-state index in [0.717, 1.165) is 31.0 Å². The highest BCUT2D eigenvalue weighted by Gasteiger charge is 2.32. The third-order valence-corrected chi connectivity index (χ3v) is 3.34. The molecule has 4 heteroatoms. The lowest BCUT2D eigenvalue weighted by Crippen LogP contribution is -2.40. The summed E-state index contributed by atoms with van der Waals surface area (Å²) < 4.78 is 26.8. The predicted octanol–water partition coefficient (Wildman–Crippen LogP) is 2.77. The van der Waals surface area contributed by atoms with Crippen molar-refractivity contribution in [2.45, 2.75) is 44.9 Å². The van der Waals surface area contributed by atoms with Gasteiger partial charge < -0.3 is 10.4 Å². The second-order valence-corrected chi connectivity index (χ2v) is 5.32. The van der Waals surface area contributed by atoms with Crippen LogP contribution in [0, 0.1) is 17.6 Å². The van der Waals surface area contributed by atoms with Crippen LogP contribution in [0.15, 0.2) is 18.2 Å². The van der Waals surface area contributed by atoms with E-state index in [4.69, 9.17) is 0 Å². The molecular formula is C14H19F2NO. The van der Waals surface area contributed by atoms with Gasteiger partial charge in [-0.25, -0.2) is 8.78 Å². The van der Waals surface area contributed by atoms with Gasteiger partial charge in [0.2, 0.25) is 0 Å². The minimum absolute atomic E-state index is 0.0295. The Balaban J connectivity index is 2.20. The molecule has 0 heterocycles. The fourth-order valence-electron chi connectivity index (χ4n) is 2.11. The van der Waals surface area contributed by atoms with Gasteiger partial charge >= 0.3 is 0 Å². The van der Waals surface area contributed by atoms with Crippen LogP contribution in [0.2, 0.25) is 0 Å². The van der Waals surface area contributed by atoms with E-state index >= 15 is 0 Å². The van der Waals surface area contributed by atoms with Gasteiger partial charge in [0.1, 0.15) is 11.6 Å². The Bertz CT molecular complexity index is 418. The van der Waals surface area contributed by atoms with Gasteiger partial charge in [-0.15, -0.1) is 0 Å². The lowest BCUT2D eigenvalue weighted by Gasteiger charge is -2.28. The van der Waals surface area contributed by atoms with Gasteiger partial charge in [-0.2, -0.15) is 0 Å². The fourth-order valence-corrected chi connectivity index (χ4v) is 2.11. The van der Waals surface area contributed by atoms with Crippen molar-refractivity contribution in [1.82, 2.24) is 5.32 Å². The van der Waals surface area contributed by atoms with Crippen LogP contribution < -0.4 is 5.32 Å². The Kier molecular flexibility index (Phi) is 3.97. The molecule has 0 spiro atoms. The number of nitrogens with one attached hydrogen (secondary N) is 1. The van der Waals surface area contributed by atoms with E-state index in [1.54, 1.807) is 0 Å². The van der Waals surface area contributed by atoms with Gasteiger partial charge in [0.25, 0.3) is 0 Å². The Labute approximate surface area is 106 Å². The zero-order valence-corrected chi connectivity index (χ0v) is 10.7. The van der Waals surface area contributed by atoms with E-state index in [9.17, 15) is 13.9 Å². The van der Waals surface area contributed by atoms with Gasteiger partial charge in [-0.3, -0.25) is 0 Å². The zero-order valence-electron chi connectivity index (χ0n) is 10.7. The largest absolute Gasteiger partial charge is 0.387 e. The van der Waals surface area contributed by atoms with E-state index < -0.39 is 17.7 Å². The molecule has 0 aliphatic heterocycles. The molecule has 1 aromatic rings. The number of benzene rings is 1. The maximum absolute atomic E-state index is 13.6.